The van der Waals surface area contributed by atoms with Crippen LogP contribution in [0, 0.1) is 17.0 Å². The molecule has 25 heavy (non-hydrogen) atoms. The average Bonchev–Trinajstić information content (AvgIpc) is 2.64. The molecule has 0 saturated carbocycles. The van der Waals surface area contributed by atoms with E-state index in [1.165, 1.54) is 24.8 Å². The molecule has 2 heterocycles. The summed E-state index contributed by atoms with van der Waals surface area (Å²) in [6.45, 7) is 5.23. The van der Waals surface area contributed by atoms with E-state index >= 15 is 0 Å². The Hall–Kier alpha value is -2.47. The van der Waals surface area contributed by atoms with Gasteiger partial charge in [-0.1, -0.05) is 12.1 Å². The molecule has 1 saturated heterocycles. The summed E-state index contributed by atoms with van der Waals surface area (Å²) in [6.07, 6.45) is 5.63. The van der Waals surface area contributed by atoms with E-state index in [0.717, 1.165) is 24.5 Å². The van der Waals surface area contributed by atoms with Crippen LogP contribution in [0.5, 0.6) is 0 Å². The third kappa shape index (κ3) is 4.54. The van der Waals surface area contributed by atoms with Crippen molar-refractivity contribution in [1.29, 1.82) is 0 Å². The lowest BCUT2D eigenvalue weighted by Crippen LogP contribution is -2.30. The van der Waals surface area contributed by atoms with Crippen molar-refractivity contribution in [3.63, 3.8) is 0 Å². The Labute approximate surface area is 148 Å². The average molecular weight is 340 g/mol. The van der Waals surface area contributed by atoms with Gasteiger partial charge in [0.15, 0.2) is 0 Å². The van der Waals surface area contributed by atoms with Crippen LogP contribution in [0.1, 0.15) is 36.0 Å². The molecule has 1 fully saturated rings. The number of aromatic nitrogens is 1. The highest BCUT2D eigenvalue weighted by Gasteiger charge is 2.13. The van der Waals surface area contributed by atoms with Crippen LogP contribution in [0.15, 0.2) is 36.5 Å². The zero-order valence-electron chi connectivity index (χ0n) is 14.6. The fourth-order valence-corrected chi connectivity index (χ4v) is 3.18. The van der Waals surface area contributed by atoms with Crippen molar-refractivity contribution in [1.82, 2.24) is 10.3 Å². The summed E-state index contributed by atoms with van der Waals surface area (Å²) in [4.78, 5) is 17.5. The summed E-state index contributed by atoms with van der Waals surface area (Å²) in [7, 11) is 0. The molecule has 0 atom stereocenters. The first kappa shape index (κ1) is 17.4. The number of nitrogens with one attached hydrogen (secondary N) is 1. The van der Waals surface area contributed by atoms with E-state index in [-0.39, 0.29) is 10.6 Å². The Bertz CT molecular complexity index is 742. The number of piperidine rings is 1. The van der Waals surface area contributed by atoms with Gasteiger partial charge in [0.25, 0.3) is 5.69 Å². The first-order chi connectivity index (χ1) is 12.1. The van der Waals surface area contributed by atoms with Crippen molar-refractivity contribution < 1.29 is 4.92 Å². The van der Waals surface area contributed by atoms with Crippen molar-refractivity contribution in [2.45, 2.75) is 39.3 Å². The lowest BCUT2D eigenvalue weighted by Gasteiger charge is -2.27. The number of nitro groups is 1. The van der Waals surface area contributed by atoms with Crippen LogP contribution in [-0.4, -0.2) is 23.0 Å². The molecule has 3 rings (SSSR count). The molecule has 1 aromatic heterocycles. The van der Waals surface area contributed by atoms with E-state index < -0.39 is 0 Å². The van der Waals surface area contributed by atoms with Crippen molar-refractivity contribution in [2.75, 3.05) is 18.0 Å². The first-order valence-corrected chi connectivity index (χ1v) is 8.78. The van der Waals surface area contributed by atoms with Gasteiger partial charge in [-0.3, -0.25) is 10.1 Å². The zero-order valence-corrected chi connectivity index (χ0v) is 14.6. The fourth-order valence-electron chi connectivity index (χ4n) is 3.18. The van der Waals surface area contributed by atoms with E-state index in [4.69, 9.17) is 0 Å². The number of hydrogen-bond acceptors (Lipinski definition) is 5. The molecule has 132 valence electrons. The van der Waals surface area contributed by atoms with Crippen molar-refractivity contribution in [2.24, 2.45) is 0 Å². The zero-order chi connectivity index (χ0) is 17.6. The Kier molecular flexibility index (Phi) is 5.60. The van der Waals surface area contributed by atoms with Gasteiger partial charge in [-0.15, -0.1) is 0 Å². The van der Waals surface area contributed by atoms with Crippen LogP contribution in [0.2, 0.25) is 0 Å². The van der Waals surface area contributed by atoms with Gasteiger partial charge in [-0.05, 0) is 49.4 Å². The second-order valence-corrected chi connectivity index (χ2v) is 6.55. The molecule has 1 N–H and O–H groups in total. The first-order valence-electron chi connectivity index (χ1n) is 8.78. The normalized spacial score (nSPS) is 14.5. The monoisotopic (exact) mass is 340 g/mol. The maximum atomic E-state index is 11.0. The number of rotatable bonds is 6. The minimum atomic E-state index is -0.327. The maximum absolute atomic E-state index is 11.0. The number of anilines is 1. The predicted octanol–water partition coefficient (Wildman–Crippen LogP) is 3.58. The summed E-state index contributed by atoms with van der Waals surface area (Å²) in [6, 6.07) is 9.53. The van der Waals surface area contributed by atoms with E-state index in [1.807, 2.05) is 18.3 Å². The molecule has 0 spiro atoms. The summed E-state index contributed by atoms with van der Waals surface area (Å²) in [5.74, 6) is 1.05. The molecule has 0 radical (unpaired) electrons. The molecule has 1 aromatic carbocycles. The Morgan fingerprint density at radius 1 is 1.12 bits per heavy atom. The summed E-state index contributed by atoms with van der Waals surface area (Å²) < 4.78 is 0. The molecule has 0 bridgehead atoms. The summed E-state index contributed by atoms with van der Waals surface area (Å²) in [5.41, 5.74) is 2.96. The van der Waals surface area contributed by atoms with Crippen molar-refractivity contribution >= 4 is 11.5 Å². The number of nitro benzene ring substituents is 1. The molecule has 6 nitrogen and oxygen atoms in total. The molecule has 0 amide bonds. The molecule has 1 aliphatic rings. The quantitative estimate of drug-likeness (QED) is 0.643. The van der Waals surface area contributed by atoms with Crippen molar-refractivity contribution in [3.8, 4) is 0 Å². The number of pyridine rings is 1. The van der Waals surface area contributed by atoms with Gasteiger partial charge in [-0.2, -0.15) is 0 Å². The fraction of sp³-hybridized carbons (Fsp3) is 0.421. The van der Waals surface area contributed by atoms with Gasteiger partial charge in [-0.25, -0.2) is 4.98 Å². The summed E-state index contributed by atoms with van der Waals surface area (Å²) >= 11 is 0. The Morgan fingerprint density at radius 3 is 2.56 bits per heavy atom. The van der Waals surface area contributed by atoms with Crippen molar-refractivity contribution in [3.05, 3.63) is 63.3 Å². The molecular weight excluding hydrogens is 316 g/mol. The van der Waals surface area contributed by atoms with Crippen LogP contribution < -0.4 is 10.2 Å². The predicted molar refractivity (Wildman–Crippen MR) is 98.7 cm³/mol. The van der Waals surface area contributed by atoms with Crippen LogP contribution in [0.25, 0.3) is 0 Å². The molecule has 2 aromatic rings. The molecule has 1 aliphatic heterocycles. The van der Waals surface area contributed by atoms with Crippen LogP contribution in [-0.2, 0) is 13.1 Å². The molecular formula is C19H24N4O2. The molecule has 0 aliphatic carbocycles. The number of nitrogens with zero attached hydrogens (tertiary/aromatic N) is 3. The minimum Gasteiger partial charge on any atom is -0.357 e. The number of benzene rings is 1. The van der Waals surface area contributed by atoms with Crippen LogP contribution in [0.3, 0.4) is 0 Å². The molecule has 0 unspecified atom stereocenters. The lowest BCUT2D eigenvalue weighted by atomic mass is 10.1. The van der Waals surface area contributed by atoms with Gasteiger partial charge in [0.1, 0.15) is 5.82 Å². The summed E-state index contributed by atoms with van der Waals surface area (Å²) in [5, 5.41) is 14.4. The highest BCUT2D eigenvalue weighted by Crippen LogP contribution is 2.20. The molecule has 6 heteroatoms. The van der Waals surface area contributed by atoms with E-state index in [1.54, 1.807) is 19.1 Å². The van der Waals surface area contributed by atoms with Gasteiger partial charge in [0, 0.05) is 44.0 Å². The third-order valence-electron chi connectivity index (χ3n) is 4.62. The third-order valence-corrected chi connectivity index (χ3v) is 4.62. The van der Waals surface area contributed by atoms with Gasteiger partial charge < -0.3 is 10.2 Å². The topological polar surface area (TPSA) is 71.3 Å². The van der Waals surface area contributed by atoms with Gasteiger partial charge in [0.05, 0.1) is 4.92 Å². The standard InChI is InChI=1S/C19H24N4O2/c1-15-5-6-16(11-18(15)23(24)25)13-20-14-17-7-8-21-19(12-17)22-9-3-2-4-10-22/h5-8,11-12,20H,2-4,9-10,13-14H2,1H3. The second kappa shape index (κ2) is 8.07. The highest BCUT2D eigenvalue weighted by molar-refractivity contribution is 5.43. The van der Waals surface area contributed by atoms with Gasteiger partial charge in [0.2, 0.25) is 0 Å². The Morgan fingerprint density at radius 2 is 1.84 bits per heavy atom. The highest BCUT2D eigenvalue weighted by atomic mass is 16.6. The largest absolute Gasteiger partial charge is 0.357 e. The van der Waals surface area contributed by atoms with E-state index in [9.17, 15) is 10.1 Å². The number of hydrogen-bond donors (Lipinski definition) is 1. The maximum Gasteiger partial charge on any atom is 0.272 e. The minimum absolute atomic E-state index is 0.176. The van der Waals surface area contributed by atoms with Crippen LogP contribution in [0.4, 0.5) is 11.5 Å². The van der Waals surface area contributed by atoms with E-state index in [0.29, 0.717) is 18.7 Å². The van der Waals surface area contributed by atoms with Gasteiger partial charge >= 0.3 is 0 Å². The smallest absolute Gasteiger partial charge is 0.272 e. The number of aryl methyl sites for hydroxylation is 1. The van der Waals surface area contributed by atoms with Crippen LogP contribution >= 0.6 is 0 Å². The second-order valence-electron chi connectivity index (χ2n) is 6.55. The SMILES string of the molecule is Cc1ccc(CNCc2ccnc(N3CCCCC3)c2)cc1[N+](=O)[O-]. The lowest BCUT2D eigenvalue weighted by molar-refractivity contribution is -0.385. The Balaban J connectivity index is 1.59. The van der Waals surface area contributed by atoms with E-state index in [2.05, 4.69) is 21.3 Å².